The lowest BCUT2D eigenvalue weighted by molar-refractivity contribution is 0.0951. The number of hydrogen-bond donors (Lipinski definition) is 2. The molecule has 1 heterocycles. The first-order chi connectivity index (χ1) is 16.9. The molecule has 7 nitrogen and oxygen atoms in total. The molecular weight excluding hydrogens is 460 g/mol. The normalized spacial score (nSPS) is 11.2. The number of nitrogens with one attached hydrogen (secondary N) is 2. The first-order valence-corrected chi connectivity index (χ1v) is 13.1. The van der Waals surface area contributed by atoms with Crippen LogP contribution < -0.4 is 10.0 Å². The van der Waals surface area contributed by atoms with E-state index in [2.05, 4.69) is 39.4 Å². The van der Waals surface area contributed by atoms with Gasteiger partial charge in [-0.2, -0.15) is 5.10 Å². The smallest absolute Gasteiger partial charge is 0.251 e. The summed E-state index contributed by atoms with van der Waals surface area (Å²) in [7, 11) is -3.42. The lowest BCUT2D eigenvalue weighted by atomic mass is 9.98. The zero-order chi connectivity index (χ0) is 24.7. The molecule has 0 spiro atoms. The number of hydrogen-bond acceptors (Lipinski definition) is 4. The topological polar surface area (TPSA) is 93.1 Å². The molecule has 8 heteroatoms. The van der Waals surface area contributed by atoms with Gasteiger partial charge in [-0.15, -0.1) is 0 Å². The van der Waals surface area contributed by atoms with Gasteiger partial charge in [-0.3, -0.25) is 14.2 Å². The van der Waals surface area contributed by atoms with Crippen molar-refractivity contribution < 1.29 is 13.2 Å². The second-order valence-corrected chi connectivity index (χ2v) is 10.1. The highest BCUT2D eigenvalue weighted by atomic mass is 32.2. The van der Waals surface area contributed by atoms with Gasteiger partial charge in [0.2, 0.25) is 10.0 Å². The minimum Gasteiger partial charge on any atom is -0.348 e. The standard InChI is InChI=1S/C27H28N4O3S/c1-2-17-35(33,34)30-25-9-5-8-23(18-25)27(32)28-19-24-7-3-4-10-26(24)22-13-11-21(12-14-22)20-31-16-6-15-29-31/h3-16,18,30H,2,17,19-20H2,1H3,(H,28,32). The van der Waals surface area contributed by atoms with Crippen molar-refractivity contribution in [3.8, 4) is 11.1 Å². The molecule has 0 unspecified atom stereocenters. The summed E-state index contributed by atoms with van der Waals surface area (Å²) in [5.41, 5.74) is 5.01. The van der Waals surface area contributed by atoms with E-state index < -0.39 is 10.0 Å². The third-order valence-corrected chi connectivity index (χ3v) is 6.99. The van der Waals surface area contributed by atoms with Crippen molar-refractivity contribution in [2.45, 2.75) is 26.4 Å². The SMILES string of the molecule is CCCS(=O)(=O)Nc1cccc(C(=O)NCc2ccccc2-c2ccc(Cn3cccn3)cc2)c1. The Morgan fingerprint density at radius 3 is 2.51 bits per heavy atom. The van der Waals surface area contributed by atoms with Crippen molar-refractivity contribution in [2.24, 2.45) is 0 Å². The lowest BCUT2D eigenvalue weighted by Gasteiger charge is -2.13. The zero-order valence-electron chi connectivity index (χ0n) is 19.5. The first kappa shape index (κ1) is 24.2. The molecule has 4 rings (SSSR count). The maximum absolute atomic E-state index is 12.8. The zero-order valence-corrected chi connectivity index (χ0v) is 20.3. The Morgan fingerprint density at radius 1 is 0.971 bits per heavy atom. The van der Waals surface area contributed by atoms with Crippen LogP contribution in [0.2, 0.25) is 0 Å². The van der Waals surface area contributed by atoms with Crippen LogP contribution in [0.15, 0.2) is 91.3 Å². The van der Waals surface area contributed by atoms with Crippen LogP contribution in [0.5, 0.6) is 0 Å². The first-order valence-electron chi connectivity index (χ1n) is 11.5. The van der Waals surface area contributed by atoms with Crippen LogP contribution in [0.4, 0.5) is 5.69 Å². The van der Waals surface area contributed by atoms with Crippen molar-refractivity contribution in [1.29, 1.82) is 0 Å². The Bertz CT molecular complexity index is 1380. The molecule has 1 aromatic heterocycles. The van der Waals surface area contributed by atoms with E-state index in [4.69, 9.17) is 0 Å². The second kappa shape index (κ2) is 11.0. The number of benzene rings is 3. The molecule has 1 amide bonds. The number of carbonyl (C=O) groups is 1. The van der Waals surface area contributed by atoms with E-state index in [1.165, 1.54) is 0 Å². The maximum Gasteiger partial charge on any atom is 0.251 e. The van der Waals surface area contributed by atoms with Gasteiger partial charge < -0.3 is 5.32 Å². The molecule has 0 saturated heterocycles. The van der Waals surface area contributed by atoms with Crippen LogP contribution in [0.25, 0.3) is 11.1 Å². The molecule has 0 aliphatic heterocycles. The molecule has 0 aliphatic carbocycles. The van der Waals surface area contributed by atoms with Gasteiger partial charge in [0, 0.05) is 30.2 Å². The van der Waals surface area contributed by atoms with Gasteiger partial charge >= 0.3 is 0 Å². The summed E-state index contributed by atoms with van der Waals surface area (Å²) in [5.74, 6) is -0.240. The Morgan fingerprint density at radius 2 is 1.77 bits per heavy atom. The van der Waals surface area contributed by atoms with Crippen LogP contribution in [0, 0.1) is 0 Å². The van der Waals surface area contributed by atoms with E-state index >= 15 is 0 Å². The van der Waals surface area contributed by atoms with Crippen LogP contribution in [0.1, 0.15) is 34.8 Å². The third-order valence-electron chi connectivity index (χ3n) is 5.50. The fourth-order valence-corrected chi connectivity index (χ4v) is 4.95. The van der Waals surface area contributed by atoms with E-state index in [9.17, 15) is 13.2 Å². The molecule has 3 aromatic carbocycles. The summed E-state index contributed by atoms with van der Waals surface area (Å²) >= 11 is 0. The fraction of sp³-hybridized carbons (Fsp3) is 0.185. The van der Waals surface area contributed by atoms with Gasteiger partial charge in [-0.05, 0) is 52.9 Å². The van der Waals surface area contributed by atoms with Crippen molar-refractivity contribution >= 4 is 21.6 Å². The third kappa shape index (κ3) is 6.58. The molecule has 4 aromatic rings. The van der Waals surface area contributed by atoms with Gasteiger partial charge in [0.25, 0.3) is 5.91 Å². The van der Waals surface area contributed by atoms with E-state index in [-0.39, 0.29) is 11.7 Å². The van der Waals surface area contributed by atoms with Crippen LogP contribution in [-0.4, -0.2) is 29.9 Å². The summed E-state index contributed by atoms with van der Waals surface area (Å²) in [4.78, 5) is 12.8. The fourth-order valence-electron chi connectivity index (χ4n) is 3.83. The molecular formula is C27H28N4O3S. The lowest BCUT2D eigenvalue weighted by Crippen LogP contribution is -2.23. The maximum atomic E-state index is 12.8. The van der Waals surface area contributed by atoms with Crippen LogP contribution in [-0.2, 0) is 23.1 Å². The molecule has 0 atom stereocenters. The molecule has 0 fully saturated rings. The minimum absolute atomic E-state index is 0.0322. The van der Waals surface area contributed by atoms with Gasteiger partial charge in [0.05, 0.1) is 12.3 Å². The molecule has 180 valence electrons. The van der Waals surface area contributed by atoms with E-state index in [0.717, 1.165) is 22.3 Å². The number of anilines is 1. The van der Waals surface area contributed by atoms with E-state index in [1.807, 2.05) is 41.2 Å². The summed E-state index contributed by atoms with van der Waals surface area (Å²) in [5, 5.41) is 7.20. The number of sulfonamides is 1. The Hall–Kier alpha value is -3.91. The highest BCUT2D eigenvalue weighted by Crippen LogP contribution is 2.24. The summed E-state index contributed by atoms with van der Waals surface area (Å²) in [6.07, 6.45) is 4.21. The molecule has 0 radical (unpaired) electrons. The largest absolute Gasteiger partial charge is 0.348 e. The van der Waals surface area contributed by atoms with Gasteiger partial charge in [0.1, 0.15) is 0 Å². The van der Waals surface area contributed by atoms with Gasteiger partial charge in [-0.1, -0.05) is 61.5 Å². The van der Waals surface area contributed by atoms with Gasteiger partial charge in [0.15, 0.2) is 0 Å². The number of rotatable bonds is 10. The van der Waals surface area contributed by atoms with Gasteiger partial charge in [-0.25, -0.2) is 8.42 Å². The summed E-state index contributed by atoms with van der Waals surface area (Å²) in [6.45, 7) is 2.85. The number of amides is 1. The molecule has 0 bridgehead atoms. The minimum atomic E-state index is -3.42. The molecule has 35 heavy (non-hydrogen) atoms. The van der Waals surface area contributed by atoms with Crippen molar-refractivity contribution in [2.75, 3.05) is 10.5 Å². The quantitative estimate of drug-likeness (QED) is 0.339. The Balaban J connectivity index is 1.44. The predicted octanol–water partition coefficient (Wildman–Crippen LogP) is 4.68. The number of nitrogens with zero attached hydrogens (tertiary/aromatic N) is 2. The van der Waals surface area contributed by atoms with Crippen molar-refractivity contribution in [3.05, 3.63) is 108 Å². The molecule has 0 saturated carbocycles. The number of aromatic nitrogens is 2. The highest BCUT2D eigenvalue weighted by Gasteiger charge is 2.12. The highest BCUT2D eigenvalue weighted by molar-refractivity contribution is 7.92. The predicted molar refractivity (Wildman–Crippen MR) is 139 cm³/mol. The molecule has 0 aliphatic rings. The van der Waals surface area contributed by atoms with Crippen molar-refractivity contribution in [3.63, 3.8) is 0 Å². The van der Waals surface area contributed by atoms with Crippen LogP contribution >= 0.6 is 0 Å². The summed E-state index contributed by atoms with van der Waals surface area (Å²) < 4.78 is 28.5. The average molecular weight is 489 g/mol. The van der Waals surface area contributed by atoms with Crippen molar-refractivity contribution in [1.82, 2.24) is 15.1 Å². The average Bonchev–Trinajstić information content (AvgIpc) is 3.36. The number of carbonyl (C=O) groups excluding carboxylic acids is 1. The van der Waals surface area contributed by atoms with E-state index in [0.29, 0.717) is 30.8 Å². The Labute approximate surface area is 205 Å². The van der Waals surface area contributed by atoms with E-state index in [1.54, 1.807) is 37.4 Å². The summed E-state index contributed by atoms with van der Waals surface area (Å²) in [6, 6.07) is 24.7. The molecule has 2 N–H and O–H groups in total. The van der Waals surface area contributed by atoms with Crippen LogP contribution in [0.3, 0.4) is 0 Å². The second-order valence-electron chi connectivity index (χ2n) is 8.24. The Kier molecular flexibility index (Phi) is 7.62. The monoisotopic (exact) mass is 488 g/mol.